The topological polar surface area (TPSA) is 18.5 Å². The predicted octanol–water partition coefficient (Wildman–Crippen LogP) is 5.14. The van der Waals surface area contributed by atoms with Gasteiger partial charge in [-0.05, 0) is 24.9 Å². The van der Waals surface area contributed by atoms with E-state index in [0.717, 1.165) is 0 Å². The lowest BCUT2D eigenvalue weighted by atomic mass is 9.62. The summed E-state index contributed by atoms with van der Waals surface area (Å²) >= 11 is 1.42. The fourth-order valence-corrected chi connectivity index (χ4v) is 3.32. The molecule has 0 aliphatic heterocycles. The summed E-state index contributed by atoms with van der Waals surface area (Å²) in [6.45, 7) is 14.7. The first-order valence-corrected chi connectivity index (χ1v) is 9.70. The van der Waals surface area contributed by atoms with Crippen molar-refractivity contribution in [2.45, 2.75) is 45.9 Å². The van der Waals surface area contributed by atoms with E-state index < -0.39 is 0 Å². The first kappa shape index (κ1) is 19.7. The molecule has 1 aromatic carbocycles. The van der Waals surface area contributed by atoms with Crippen molar-refractivity contribution in [2.24, 2.45) is 5.41 Å². The van der Waals surface area contributed by atoms with Crippen LogP contribution in [0.25, 0.3) is 0 Å². The molecule has 5 heteroatoms. The molecule has 0 aromatic heterocycles. The molecule has 1 aromatic rings. The second kappa shape index (κ2) is 9.07. The van der Waals surface area contributed by atoms with Gasteiger partial charge in [-0.25, -0.2) is 0 Å². The van der Waals surface area contributed by atoms with Gasteiger partial charge in [-0.2, -0.15) is 0 Å². The average Bonchev–Trinajstić information content (AvgIpc) is 2.52. The highest BCUT2D eigenvalue weighted by Gasteiger charge is 2.26. The molecule has 0 radical (unpaired) electrons. The molecule has 0 aliphatic carbocycles. The molecule has 0 bridgehead atoms. The van der Waals surface area contributed by atoms with Crippen LogP contribution in [-0.4, -0.2) is 20.1 Å². The molecular formula is C17H27BO2S2. The van der Waals surface area contributed by atoms with Crippen molar-refractivity contribution in [3.8, 4) is 0 Å². The van der Waals surface area contributed by atoms with Crippen LogP contribution in [0.4, 0.5) is 0 Å². The van der Waals surface area contributed by atoms with Crippen LogP contribution >= 0.6 is 21.9 Å². The van der Waals surface area contributed by atoms with Crippen molar-refractivity contribution >= 4 is 34.2 Å². The van der Waals surface area contributed by atoms with E-state index in [0.29, 0.717) is 5.25 Å². The van der Waals surface area contributed by atoms with Crippen LogP contribution < -0.4 is 5.46 Å². The van der Waals surface area contributed by atoms with Gasteiger partial charge in [0.15, 0.2) is 0 Å². The molecule has 1 rings (SSSR count). The highest BCUT2D eigenvalue weighted by atomic mass is 33.1. The Hall–Kier alpha value is -0.355. The number of hydrogen-bond donors (Lipinski definition) is 0. The summed E-state index contributed by atoms with van der Waals surface area (Å²) in [6, 6.07) is 8.61. The van der Waals surface area contributed by atoms with Crippen LogP contribution in [0.3, 0.4) is 0 Å². The molecule has 2 atom stereocenters. The second-order valence-corrected chi connectivity index (χ2v) is 8.44. The fraction of sp³-hybridized carbons (Fsp3) is 0.529. The average molecular weight is 338 g/mol. The zero-order valence-corrected chi connectivity index (χ0v) is 16.1. The lowest BCUT2D eigenvalue weighted by Crippen LogP contribution is -2.39. The second-order valence-electron chi connectivity index (χ2n) is 6.09. The molecule has 122 valence electrons. The van der Waals surface area contributed by atoms with Gasteiger partial charge in [0.25, 0.3) is 0 Å². The van der Waals surface area contributed by atoms with Gasteiger partial charge in [-0.1, -0.05) is 61.8 Å². The smallest absolute Gasteiger partial charge is 0.323 e. The minimum atomic E-state index is -0.0376. The van der Waals surface area contributed by atoms with Crippen molar-refractivity contribution in [2.75, 3.05) is 7.11 Å². The normalized spacial score (nSPS) is 14.5. The van der Waals surface area contributed by atoms with E-state index >= 15 is 0 Å². The van der Waals surface area contributed by atoms with Gasteiger partial charge >= 0.3 is 6.92 Å². The van der Waals surface area contributed by atoms with Crippen molar-refractivity contribution in [3.63, 3.8) is 0 Å². The Kier molecular flexibility index (Phi) is 8.11. The zero-order valence-electron chi connectivity index (χ0n) is 14.5. The van der Waals surface area contributed by atoms with E-state index in [2.05, 4.69) is 65.4 Å². The summed E-state index contributed by atoms with van der Waals surface area (Å²) in [5.74, 6) is 0. The summed E-state index contributed by atoms with van der Waals surface area (Å²) in [6.07, 6.45) is 2.07. The molecule has 0 heterocycles. The molecule has 0 fully saturated rings. The summed E-state index contributed by atoms with van der Waals surface area (Å²) in [7, 11) is 3.41. The monoisotopic (exact) mass is 338 g/mol. The Morgan fingerprint density at radius 2 is 2.00 bits per heavy atom. The van der Waals surface area contributed by atoms with E-state index in [4.69, 9.17) is 8.84 Å². The van der Waals surface area contributed by atoms with Crippen molar-refractivity contribution < 1.29 is 8.84 Å². The Morgan fingerprint density at radius 1 is 1.32 bits per heavy atom. The largest absolute Gasteiger partial charge is 0.428 e. The molecule has 22 heavy (non-hydrogen) atoms. The third-order valence-corrected chi connectivity index (χ3v) is 6.37. The zero-order chi connectivity index (χ0) is 16.8. The van der Waals surface area contributed by atoms with E-state index in [1.165, 1.54) is 22.1 Å². The summed E-state index contributed by atoms with van der Waals surface area (Å²) in [5, 5.41) is 0.374. The predicted molar refractivity (Wildman–Crippen MR) is 103 cm³/mol. The number of hydrogen-bond acceptors (Lipinski definition) is 4. The van der Waals surface area contributed by atoms with Crippen LogP contribution in [-0.2, 0) is 8.84 Å². The minimum absolute atomic E-state index is 0.0376. The van der Waals surface area contributed by atoms with Crippen LogP contribution in [0.5, 0.6) is 0 Å². The van der Waals surface area contributed by atoms with Gasteiger partial charge in [0.1, 0.15) is 0 Å². The van der Waals surface area contributed by atoms with Gasteiger partial charge in [-0.3, -0.25) is 0 Å². The summed E-state index contributed by atoms with van der Waals surface area (Å²) < 4.78 is 11.3. The minimum Gasteiger partial charge on any atom is -0.428 e. The Labute approximate surface area is 144 Å². The van der Waals surface area contributed by atoms with E-state index in [1.54, 1.807) is 17.9 Å². The molecule has 2 unspecified atom stereocenters. The van der Waals surface area contributed by atoms with E-state index in [-0.39, 0.29) is 18.4 Å². The lowest BCUT2D eigenvalue weighted by Gasteiger charge is -2.30. The lowest BCUT2D eigenvalue weighted by molar-refractivity contribution is 0.127. The van der Waals surface area contributed by atoms with Crippen LogP contribution in [0.15, 0.2) is 36.9 Å². The van der Waals surface area contributed by atoms with E-state index in [1.807, 2.05) is 6.08 Å². The SMILES string of the molecule is C=CC(C)(C)C(C)OB(C)c1cccc(C(C)SSOC)c1. The Morgan fingerprint density at radius 3 is 2.59 bits per heavy atom. The van der Waals surface area contributed by atoms with Crippen molar-refractivity contribution in [3.05, 3.63) is 42.5 Å². The maximum absolute atomic E-state index is 6.20. The summed E-state index contributed by atoms with van der Waals surface area (Å²) in [5.41, 5.74) is 2.46. The Bertz CT molecular complexity index is 479. The van der Waals surface area contributed by atoms with Crippen LogP contribution in [0.1, 0.15) is 38.5 Å². The maximum atomic E-state index is 6.20. The molecule has 0 saturated carbocycles. The van der Waals surface area contributed by atoms with Crippen molar-refractivity contribution in [1.29, 1.82) is 0 Å². The Balaban J connectivity index is 2.78. The third-order valence-electron chi connectivity index (χ3n) is 4.08. The highest BCUT2D eigenvalue weighted by Crippen LogP contribution is 2.37. The van der Waals surface area contributed by atoms with Gasteiger partial charge < -0.3 is 8.84 Å². The number of benzene rings is 1. The first-order chi connectivity index (χ1) is 10.3. The molecule has 0 amide bonds. The van der Waals surface area contributed by atoms with Crippen molar-refractivity contribution in [1.82, 2.24) is 0 Å². The molecular weight excluding hydrogens is 311 g/mol. The third kappa shape index (κ3) is 5.69. The molecule has 0 saturated heterocycles. The van der Waals surface area contributed by atoms with Gasteiger partial charge in [-0.15, -0.1) is 6.58 Å². The van der Waals surface area contributed by atoms with Gasteiger partial charge in [0.2, 0.25) is 0 Å². The quantitative estimate of drug-likeness (QED) is 0.269. The fourth-order valence-electron chi connectivity index (χ4n) is 1.94. The molecule has 0 N–H and O–H groups in total. The molecule has 0 aliphatic rings. The highest BCUT2D eigenvalue weighted by molar-refractivity contribution is 8.74. The van der Waals surface area contributed by atoms with Crippen LogP contribution in [0.2, 0.25) is 6.82 Å². The van der Waals surface area contributed by atoms with Crippen LogP contribution in [0, 0.1) is 5.41 Å². The number of rotatable bonds is 9. The standard InChI is InChI=1S/C17H27BO2S2/c1-8-17(4,5)14(3)20-18(6)16-11-9-10-15(12-16)13(2)21-22-19-7/h8-14H,1H2,2-7H3. The molecule has 0 spiro atoms. The molecule has 2 nitrogen and oxygen atoms in total. The van der Waals surface area contributed by atoms with Gasteiger partial charge in [0, 0.05) is 16.8 Å². The first-order valence-electron chi connectivity index (χ1n) is 7.57. The maximum Gasteiger partial charge on any atom is 0.323 e. The summed E-state index contributed by atoms with van der Waals surface area (Å²) in [4.78, 5) is 0. The van der Waals surface area contributed by atoms with Gasteiger partial charge in [0.05, 0.1) is 18.2 Å². The van der Waals surface area contributed by atoms with E-state index in [9.17, 15) is 0 Å².